The van der Waals surface area contributed by atoms with Crippen molar-refractivity contribution < 1.29 is 28.6 Å². The Bertz CT molecular complexity index is 1450. The van der Waals surface area contributed by atoms with E-state index in [-0.39, 0.29) is 12.4 Å². The van der Waals surface area contributed by atoms with Crippen molar-refractivity contribution >= 4 is 34.0 Å². The fourth-order valence-electron chi connectivity index (χ4n) is 3.68. The van der Waals surface area contributed by atoms with Gasteiger partial charge in [0.25, 0.3) is 0 Å². The summed E-state index contributed by atoms with van der Waals surface area (Å²) in [5.74, 6) is -0.116. The monoisotopic (exact) mass is 579 g/mol. The van der Waals surface area contributed by atoms with Crippen molar-refractivity contribution in [2.75, 3.05) is 0 Å². The van der Waals surface area contributed by atoms with E-state index >= 15 is 0 Å². The molecule has 1 atom stereocenters. The predicted octanol–water partition coefficient (Wildman–Crippen LogP) is 5.64. The van der Waals surface area contributed by atoms with E-state index in [9.17, 15) is 9.59 Å². The van der Waals surface area contributed by atoms with Crippen molar-refractivity contribution in [2.45, 2.75) is 33.5 Å². The largest absolute Gasteiger partial charge is 0.486 e. The number of hydrazone groups is 1. The van der Waals surface area contributed by atoms with Gasteiger partial charge in [0.15, 0.2) is 11.9 Å². The van der Waals surface area contributed by atoms with Gasteiger partial charge in [0.05, 0.1) is 6.21 Å². The number of halogens is 1. The number of carboxylic acids is 1. The van der Waals surface area contributed by atoms with E-state index < -0.39 is 18.0 Å². The molecule has 4 aromatic rings. The summed E-state index contributed by atoms with van der Waals surface area (Å²) in [6.07, 6.45) is 0.312. The highest BCUT2D eigenvalue weighted by Gasteiger charge is 2.15. The summed E-state index contributed by atoms with van der Waals surface area (Å²) in [5.41, 5.74) is 6.23. The topological polar surface area (TPSA) is 115 Å². The van der Waals surface area contributed by atoms with Crippen LogP contribution in [0.5, 0.6) is 11.5 Å². The molecule has 196 valence electrons. The van der Waals surface area contributed by atoms with Crippen LogP contribution in [0.25, 0.3) is 5.69 Å². The molecule has 2 aromatic carbocycles. The molecule has 2 N–H and O–H groups in total. The van der Waals surface area contributed by atoms with Crippen LogP contribution in [0.1, 0.15) is 40.2 Å². The summed E-state index contributed by atoms with van der Waals surface area (Å²) in [7, 11) is 0. The second-order valence-electron chi connectivity index (χ2n) is 8.48. The van der Waals surface area contributed by atoms with Crippen LogP contribution in [0.3, 0.4) is 0 Å². The zero-order valence-electron chi connectivity index (χ0n) is 21.0. The van der Waals surface area contributed by atoms with Gasteiger partial charge in [-0.2, -0.15) is 5.10 Å². The molecule has 0 fully saturated rings. The summed E-state index contributed by atoms with van der Waals surface area (Å²) in [6.45, 7) is 5.69. The van der Waals surface area contributed by atoms with Crippen molar-refractivity contribution in [2.24, 2.45) is 5.10 Å². The van der Waals surface area contributed by atoms with Crippen molar-refractivity contribution in [1.82, 2.24) is 9.99 Å². The first-order chi connectivity index (χ1) is 18.2. The van der Waals surface area contributed by atoms with Gasteiger partial charge in [-0.1, -0.05) is 15.9 Å². The second kappa shape index (κ2) is 11.8. The average molecular weight is 580 g/mol. The van der Waals surface area contributed by atoms with E-state index in [0.717, 1.165) is 21.5 Å². The molecule has 0 aliphatic rings. The normalized spacial score (nSPS) is 11.9. The number of aryl methyl sites for hydroxylation is 2. The van der Waals surface area contributed by atoms with Crippen LogP contribution in [0.15, 0.2) is 80.7 Å². The Morgan fingerprint density at radius 3 is 2.47 bits per heavy atom. The molecule has 0 spiro atoms. The quantitative estimate of drug-likeness (QED) is 0.185. The zero-order valence-corrected chi connectivity index (χ0v) is 22.6. The lowest BCUT2D eigenvalue weighted by molar-refractivity contribution is -0.144. The zero-order chi connectivity index (χ0) is 27.2. The van der Waals surface area contributed by atoms with Gasteiger partial charge in [0.2, 0.25) is 0 Å². The predicted molar refractivity (Wildman–Crippen MR) is 145 cm³/mol. The van der Waals surface area contributed by atoms with Gasteiger partial charge in [0, 0.05) is 27.1 Å². The van der Waals surface area contributed by atoms with Gasteiger partial charge in [-0.25, -0.2) is 10.2 Å². The number of hydrogen-bond acceptors (Lipinski definition) is 6. The number of hydrogen-bond donors (Lipinski definition) is 2. The summed E-state index contributed by atoms with van der Waals surface area (Å²) in [5, 5.41) is 13.0. The smallest absolute Gasteiger partial charge is 0.344 e. The number of aromatic nitrogens is 1. The van der Waals surface area contributed by atoms with Gasteiger partial charge in [-0.15, -0.1) is 0 Å². The Labute approximate surface area is 227 Å². The van der Waals surface area contributed by atoms with Gasteiger partial charge in [-0.05, 0) is 87.5 Å². The molecular formula is C28H26BrN3O6. The molecule has 0 radical (unpaired) electrons. The number of carbonyl (C=O) groups excluding carboxylic acids is 1. The van der Waals surface area contributed by atoms with Gasteiger partial charge in [-0.3, -0.25) is 4.79 Å². The van der Waals surface area contributed by atoms with Crippen LogP contribution in [-0.4, -0.2) is 33.9 Å². The number of rotatable bonds is 10. The van der Waals surface area contributed by atoms with Crippen LogP contribution in [0.2, 0.25) is 0 Å². The van der Waals surface area contributed by atoms with Crippen molar-refractivity contribution in [3.8, 4) is 17.2 Å². The highest BCUT2D eigenvalue weighted by Crippen LogP contribution is 2.23. The first-order valence-electron chi connectivity index (χ1n) is 11.7. The van der Waals surface area contributed by atoms with Crippen molar-refractivity contribution in [1.29, 1.82) is 0 Å². The maximum absolute atomic E-state index is 12.5. The van der Waals surface area contributed by atoms with Gasteiger partial charge < -0.3 is 23.6 Å². The van der Waals surface area contributed by atoms with Crippen molar-refractivity contribution in [3.05, 3.63) is 99.7 Å². The summed E-state index contributed by atoms with van der Waals surface area (Å²) < 4.78 is 19.7. The number of nitrogens with zero attached hydrogens (tertiary/aromatic N) is 2. The molecule has 2 aromatic heterocycles. The lowest BCUT2D eigenvalue weighted by Crippen LogP contribution is -2.23. The maximum atomic E-state index is 12.5. The number of carboxylic acid groups (broad SMARTS) is 1. The molecular weight excluding hydrogens is 554 g/mol. The fourth-order valence-corrected chi connectivity index (χ4v) is 4.06. The molecule has 38 heavy (non-hydrogen) atoms. The van der Waals surface area contributed by atoms with E-state index in [1.54, 1.807) is 24.3 Å². The average Bonchev–Trinajstić information content (AvgIpc) is 3.50. The molecule has 0 aliphatic carbocycles. The molecule has 4 rings (SSSR count). The van der Waals surface area contributed by atoms with Crippen LogP contribution in [0, 0.1) is 13.8 Å². The lowest BCUT2D eigenvalue weighted by Gasteiger charge is -2.12. The number of carbonyl (C=O) groups is 2. The molecule has 9 nitrogen and oxygen atoms in total. The SMILES string of the molecule is Cc1ccc(C)n1-c1ccc(OCc2ccc(C(=O)N/N=C/c3cc(Br)ccc3O[C@H](C)C(=O)O)o2)cc1. The number of furan rings is 1. The third-order valence-electron chi connectivity index (χ3n) is 5.63. The standard InChI is InChI=1S/C28H26BrN3O6/c1-17-4-5-18(2)32(17)22-7-9-23(10-8-22)36-16-24-11-13-26(38-24)27(33)31-30-15-20-14-21(29)6-12-25(20)37-19(3)28(34)35/h4-15,19H,16H2,1-3H3,(H,31,33)(H,34,35)/b30-15+/t19-/m1/s1. The third kappa shape index (κ3) is 6.51. The van der Waals surface area contributed by atoms with Gasteiger partial charge in [0.1, 0.15) is 23.9 Å². The number of aliphatic carboxylic acids is 1. The Balaban J connectivity index is 1.33. The molecule has 1 amide bonds. The Morgan fingerprint density at radius 2 is 1.79 bits per heavy atom. The number of amides is 1. The van der Waals surface area contributed by atoms with Crippen LogP contribution in [0.4, 0.5) is 0 Å². The van der Waals surface area contributed by atoms with E-state index in [1.807, 2.05) is 24.3 Å². The van der Waals surface area contributed by atoms with Crippen LogP contribution < -0.4 is 14.9 Å². The first-order valence-corrected chi connectivity index (χ1v) is 12.5. The number of benzene rings is 2. The number of ether oxygens (including phenoxy) is 2. The lowest BCUT2D eigenvalue weighted by atomic mass is 10.2. The second-order valence-corrected chi connectivity index (χ2v) is 9.40. The Morgan fingerprint density at radius 1 is 1.08 bits per heavy atom. The fraction of sp³-hybridized carbons (Fsp3) is 0.179. The van der Waals surface area contributed by atoms with E-state index in [2.05, 4.69) is 57.0 Å². The summed E-state index contributed by atoms with van der Waals surface area (Å²) in [4.78, 5) is 23.6. The van der Waals surface area contributed by atoms with Gasteiger partial charge >= 0.3 is 11.9 Å². The Kier molecular flexibility index (Phi) is 8.32. The van der Waals surface area contributed by atoms with E-state index in [0.29, 0.717) is 22.8 Å². The van der Waals surface area contributed by atoms with E-state index in [4.69, 9.17) is 19.0 Å². The van der Waals surface area contributed by atoms with Crippen molar-refractivity contribution in [3.63, 3.8) is 0 Å². The number of nitrogens with one attached hydrogen (secondary N) is 1. The first kappa shape index (κ1) is 26.7. The maximum Gasteiger partial charge on any atom is 0.344 e. The molecule has 0 saturated heterocycles. The molecule has 2 heterocycles. The molecule has 0 aliphatic heterocycles. The van der Waals surface area contributed by atoms with Crippen LogP contribution in [-0.2, 0) is 11.4 Å². The molecule has 0 bridgehead atoms. The highest BCUT2D eigenvalue weighted by atomic mass is 79.9. The molecule has 10 heteroatoms. The summed E-state index contributed by atoms with van der Waals surface area (Å²) in [6, 6.07) is 20.1. The Hall–Kier alpha value is -4.31. The van der Waals surface area contributed by atoms with Crippen LogP contribution >= 0.6 is 15.9 Å². The minimum atomic E-state index is -1.10. The highest BCUT2D eigenvalue weighted by molar-refractivity contribution is 9.10. The molecule has 0 unspecified atom stereocenters. The third-order valence-corrected chi connectivity index (χ3v) is 6.12. The minimum Gasteiger partial charge on any atom is -0.486 e. The summed E-state index contributed by atoms with van der Waals surface area (Å²) >= 11 is 3.35. The molecule has 0 saturated carbocycles. The van der Waals surface area contributed by atoms with E-state index in [1.165, 1.54) is 19.2 Å². The minimum absolute atomic E-state index is 0.0693.